The highest BCUT2D eigenvalue weighted by atomic mass is 32.2. The number of benzene rings is 2. The van der Waals surface area contributed by atoms with Crippen molar-refractivity contribution in [2.75, 3.05) is 23.8 Å². The van der Waals surface area contributed by atoms with E-state index in [4.69, 9.17) is 4.74 Å². The van der Waals surface area contributed by atoms with Gasteiger partial charge in [-0.1, -0.05) is 0 Å². The Morgan fingerprint density at radius 2 is 1.62 bits per heavy atom. The Morgan fingerprint density at radius 3 is 2.21 bits per heavy atom. The molecule has 2 aromatic carbocycles. The fourth-order valence-electron chi connectivity index (χ4n) is 2.92. The van der Waals surface area contributed by atoms with Crippen molar-refractivity contribution in [2.45, 2.75) is 30.8 Å². The molecule has 0 aromatic heterocycles. The zero-order valence-electron chi connectivity index (χ0n) is 16.0. The Labute approximate surface area is 169 Å². The molecule has 3 rings (SSSR count). The lowest BCUT2D eigenvalue weighted by Crippen LogP contribution is -2.31. The minimum Gasteiger partial charge on any atom is -0.377 e. The number of nitrogens with one attached hydrogen (secondary N) is 3. The molecule has 0 spiro atoms. The van der Waals surface area contributed by atoms with Crippen LogP contribution < -0.4 is 15.4 Å². The Hall–Kier alpha value is -2.75. The standard InChI is InChI=1S/C20H23N3O5S/c1-14(24)22-16-6-4-15(5-7-16)20(25)23-17-8-10-19(11-9-17)29(26,27)21-13-18-3-2-12-28-18/h4-11,18,21H,2-3,12-13H2,1H3,(H,22,24)(H,23,25)/t18-/m0/s1. The molecular weight excluding hydrogens is 394 g/mol. The third-order valence-electron chi connectivity index (χ3n) is 4.41. The molecule has 8 nitrogen and oxygen atoms in total. The maximum atomic E-state index is 12.4. The number of sulfonamides is 1. The van der Waals surface area contributed by atoms with Crippen molar-refractivity contribution in [2.24, 2.45) is 0 Å². The van der Waals surface area contributed by atoms with E-state index < -0.39 is 10.0 Å². The molecule has 0 unspecified atom stereocenters. The van der Waals surface area contributed by atoms with Crippen LogP contribution in [0, 0.1) is 0 Å². The zero-order valence-corrected chi connectivity index (χ0v) is 16.8. The quantitative estimate of drug-likeness (QED) is 0.640. The minimum atomic E-state index is -3.64. The van der Waals surface area contributed by atoms with Gasteiger partial charge < -0.3 is 15.4 Å². The molecule has 0 saturated carbocycles. The van der Waals surface area contributed by atoms with Gasteiger partial charge in [0.2, 0.25) is 15.9 Å². The number of carbonyl (C=O) groups excluding carboxylic acids is 2. The first kappa shape index (κ1) is 21.0. The van der Waals surface area contributed by atoms with Gasteiger partial charge in [-0.3, -0.25) is 9.59 Å². The highest BCUT2D eigenvalue weighted by molar-refractivity contribution is 7.89. The van der Waals surface area contributed by atoms with Gasteiger partial charge in [-0.2, -0.15) is 0 Å². The number of hydrogen-bond donors (Lipinski definition) is 3. The normalized spacial score (nSPS) is 16.4. The third kappa shape index (κ3) is 5.86. The average Bonchev–Trinajstić information content (AvgIpc) is 3.21. The van der Waals surface area contributed by atoms with Crippen LogP contribution in [0.5, 0.6) is 0 Å². The van der Waals surface area contributed by atoms with E-state index in [1.54, 1.807) is 24.3 Å². The summed E-state index contributed by atoms with van der Waals surface area (Å²) >= 11 is 0. The van der Waals surface area contributed by atoms with E-state index in [2.05, 4.69) is 15.4 Å². The average molecular weight is 417 g/mol. The van der Waals surface area contributed by atoms with Crippen molar-refractivity contribution >= 4 is 33.2 Å². The first-order chi connectivity index (χ1) is 13.8. The molecule has 0 aliphatic carbocycles. The van der Waals surface area contributed by atoms with Gasteiger partial charge in [-0.15, -0.1) is 0 Å². The Bertz CT molecular complexity index is 966. The Kier molecular flexibility index (Phi) is 6.63. The molecule has 2 aromatic rings. The molecule has 3 N–H and O–H groups in total. The third-order valence-corrected chi connectivity index (χ3v) is 5.85. The van der Waals surface area contributed by atoms with Crippen LogP contribution in [-0.4, -0.2) is 39.5 Å². The highest BCUT2D eigenvalue weighted by Crippen LogP contribution is 2.17. The second kappa shape index (κ2) is 9.17. The molecule has 1 atom stereocenters. The summed E-state index contributed by atoms with van der Waals surface area (Å²) in [5.74, 6) is -0.533. The lowest BCUT2D eigenvalue weighted by atomic mass is 10.2. The summed E-state index contributed by atoms with van der Waals surface area (Å²) in [5, 5.41) is 5.34. The number of amides is 2. The molecule has 1 aliphatic heterocycles. The minimum absolute atomic E-state index is 0.0830. The van der Waals surface area contributed by atoms with Crippen LogP contribution in [0.3, 0.4) is 0 Å². The van der Waals surface area contributed by atoms with Gasteiger partial charge in [0.15, 0.2) is 0 Å². The van der Waals surface area contributed by atoms with E-state index >= 15 is 0 Å². The predicted octanol–water partition coefficient (Wildman–Crippen LogP) is 2.35. The lowest BCUT2D eigenvalue weighted by molar-refractivity contribution is -0.114. The van der Waals surface area contributed by atoms with E-state index in [-0.39, 0.29) is 29.4 Å². The van der Waals surface area contributed by atoms with Crippen LogP contribution in [-0.2, 0) is 19.6 Å². The molecule has 9 heteroatoms. The van der Waals surface area contributed by atoms with Gasteiger partial charge in [-0.25, -0.2) is 13.1 Å². The van der Waals surface area contributed by atoms with Gasteiger partial charge in [0.05, 0.1) is 11.0 Å². The number of carbonyl (C=O) groups is 2. The topological polar surface area (TPSA) is 114 Å². The monoisotopic (exact) mass is 417 g/mol. The molecule has 1 aliphatic rings. The van der Waals surface area contributed by atoms with E-state index in [9.17, 15) is 18.0 Å². The van der Waals surface area contributed by atoms with Gasteiger partial charge >= 0.3 is 0 Å². The fraction of sp³-hybridized carbons (Fsp3) is 0.300. The SMILES string of the molecule is CC(=O)Nc1ccc(C(=O)Nc2ccc(S(=O)(=O)NC[C@@H]3CCCO3)cc2)cc1. The summed E-state index contributed by atoms with van der Waals surface area (Å²) in [5.41, 5.74) is 1.48. The first-order valence-electron chi connectivity index (χ1n) is 9.24. The van der Waals surface area contributed by atoms with Gasteiger partial charge in [0.25, 0.3) is 5.91 Å². The molecule has 1 saturated heterocycles. The van der Waals surface area contributed by atoms with Crippen LogP contribution in [0.15, 0.2) is 53.4 Å². The van der Waals surface area contributed by atoms with Crippen LogP contribution in [0.2, 0.25) is 0 Å². The number of anilines is 2. The highest BCUT2D eigenvalue weighted by Gasteiger charge is 2.20. The van der Waals surface area contributed by atoms with Gasteiger partial charge in [0.1, 0.15) is 0 Å². The van der Waals surface area contributed by atoms with Crippen LogP contribution in [0.25, 0.3) is 0 Å². The van der Waals surface area contributed by atoms with Crippen LogP contribution in [0.4, 0.5) is 11.4 Å². The van der Waals surface area contributed by atoms with Crippen LogP contribution >= 0.6 is 0 Å². The second-order valence-corrected chi connectivity index (χ2v) is 8.49. The van der Waals surface area contributed by atoms with Crippen molar-refractivity contribution in [3.8, 4) is 0 Å². The van der Waals surface area contributed by atoms with Crippen molar-refractivity contribution in [1.29, 1.82) is 0 Å². The fourth-order valence-corrected chi connectivity index (χ4v) is 3.99. The first-order valence-corrected chi connectivity index (χ1v) is 10.7. The van der Waals surface area contributed by atoms with Crippen molar-refractivity contribution in [3.05, 3.63) is 54.1 Å². The molecule has 2 amide bonds. The maximum Gasteiger partial charge on any atom is 0.255 e. The molecule has 29 heavy (non-hydrogen) atoms. The largest absolute Gasteiger partial charge is 0.377 e. The van der Waals surface area contributed by atoms with Crippen molar-refractivity contribution in [1.82, 2.24) is 4.72 Å². The summed E-state index contributed by atoms with van der Waals surface area (Å²) in [6.45, 7) is 2.31. The summed E-state index contributed by atoms with van der Waals surface area (Å²) in [6.07, 6.45) is 1.70. The van der Waals surface area contributed by atoms with E-state index in [1.165, 1.54) is 31.2 Å². The summed E-state index contributed by atoms with van der Waals surface area (Å²) in [6, 6.07) is 12.4. The number of ether oxygens (including phenoxy) is 1. The smallest absolute Gasteiger partial charge is 0.255 e. The lowest BCUT2D eigenvalue weighted by Gasteiger charge is -2.12. The molecule has 1 heterocycles. The van der Waals surface area contributed by atoms with E-state index in [0.29, 0.717) is 23.5 Å². The van der Waals surface area contributed by atoms with Crippen molar-refractivity contribution in [3.63, 3.8) is 0 Å². The van der Waals surface area contributed by atoms with Gasteiger partial charge in [-0.05, 0) is 61.4 Å². The second-order valence-electron chi connectivity index (χ2n) is 6.72. The van der Waals surface area contributed by atoms with E-state index in [0.717, 1.165) is 12.8 Å². The summed E-state index contributed by atoms with van der Waals surface area (Å²) in [4.78, 5) is 23.5. The van der Waals surface area contributed by atoms with Gasteiger partial charge in [0, 0.05) is 37.0 Å². The summed E-state index contributed by atoms with van der Waals surface area (Å²) in [7, 11) is -3.64. The molecular formula is C20H23N3O5S. The molecule has 1 fully saturated rings. The predicted molar refractivity (Wildman–Crippen MR) is 109 cm³/mol. The Morgan fingerprint density at radius 1 is 1.00 bits per heavy atom. The van der Waals surface area contributed by atoms with E-state index in [1.807, 2.05) is 0 Å². The maximum absolute atomic E-state index is 12.4. The molecule has 0 bridgehead atoms. The molecule has 154 valence electrons. The number of hydrogen-bond acceptors (Lipinski definition) is 5. The van der Waals surface area contributed by atoms with Crippen molar-refractivity contribution < 1.29 is 22.7 Å². The molecule has 0 radical (unpaired) electrons. The zero-order chi connectivity index (χ0) is 20.9. The number of rotatable bonds is 7. The summed E-state index contributed by atoms with van der Waals surface area (Å²) < 4.78 is 32.7. The Balaban J connectivity index is 1.59. The van der Waals surface area contributed by atoms with Crippen LogP contribution in [0.1, 0.15) is 30.1 Å².